The Morgan fingerprint density at radius 2 is 1.95 bits per heavy atom. The number of aromatic nitrogens is 1. The Balaban J connectivity index is 2.40. The van der Waals surface area contributed by atoms with Gasteiger partial charge in [0.05, 0.1) is 10.7 Å². The highest BCUT2D eigenvalue weighted by atomic mass is 35.5. The van der Waals surface area contributed by atoms with Crippen LogP contribution in [0, 0.1) is 0 Å². The van der Waals surface area contributed by atoms with Crippen molar-refractivity contribution in [1.29, 1.82) is 0 Å². The molecule has 1 aromatic carbocycles. The first-order valence-corrected chi connectivity index (χ1v) is 5.93. The lowest BCUT2D eigenvalue weighted by molar-refractivity contribution is 0.0995. The van der Waals surface area contributed by atoms with Crippen molar-refractivity contribution >= 4 is 34.8 Å². The standard InChI is InChI=1S/C12H9Cl2N3O2/c13-6-2-1-3-9(10(6)14)19-12-7(15)4-5-8(17-12)11(16)18/h1-5H,15H2,(H2,16,18). The summed E-state index contributed by atoms with van der Waals surface area (Å²) < 4.78 is 5.45. The summed E-state index contributed by atoms with van der Waals surface area (Å²) in [7, 11) is 0. The Hall–Kier alpha value is -1.98. The van der Waals surface area contributed by atoms with Crippen LogP contribution in [0.15, 0.2) is 30.3 Å². The first-order chi connectivity index (χ1) is 8.99. The predicted octanol–water partition coefficient (Wildman–Crippen LogP) is 2.86. The summed E-state index contributed by atoms with van der Waals surface area (Å²) in [5.41, 5.74) is 11.1. The molecule has 1 aromatic heterocycles. The molecule has 19 heavy (non-hydrogen) atoms. The Morgan fingerprint density at radius 1 is 1.21 bits per heavy atom. The van der Waals surface area contributed by atoms with E-state index in [1.807, 2.05) is 0 Å². The zero-order valence-corrected chi connectivity index (χ0v) is 11.1. The molecule has 0 atom stereocenters. The van der Waals surface area contributed by atoms with Gasteiger partial charge in [0.2, 0.25) is 5.88 Å². The van der Waals surface area contributed by atoms with Gasteiger partial charge in [-0.15, -0.1) is 0 Å². The van der Waals surface area contributed by atoms with Crippen LogP contribution in [0.25, 0.3) is 0 Å². The monoisotopic (exact) mass is 297 g/mol. The van der Waals surface area contributed by atoms with Crippen LogP contribution in [0.3, 0.4) is 0 Å². The highest BCUT2D eigenvalue weighted by molar-refractivity contribution is 6.42. The Kier molecular flexibility index (Phi) is 3.78. The molecule has 1 amide bonds. The maximum absolute atomic E-state index is 11.1. The summed E-state index contributed by atoms with van der Waals surface area (Å²) in [6.07, 6.45) is 0. The average Bonchev–Trinajstić information content (AvgIpc) is 2.37. The van der Waals surface area contributed by atoms with Gasteiger partial charge >= 0.3 is 0 Å². The molecule has 0 saturated heterocycles. The molecule has 7 heteroatoms. The van der Waals surface area contributed by atoms with Crippen molar-refractivity contribution in [3.63, 3.8) is 0 Å². The Labute approximate surface area is 119 Å². The lowest BCUT2D eigenvalue weighted by Gasteiger charge is -2.10. The third-order valence-corrected chi connectivity index (χ3v) is 3.07. The second-order valence-electron chi connectivity index (χ2n) is 3.61. The molecule has 0 saturated carbocycles. The van der Waals surface area contributed by atoms with Gasteiger partial charge in [0, 0.05) is 0 Å². The minimum absolute atomic E-state index is 0.0421. The quantitative estimate of drug-likeness (QED) is 0.911. The maximum atomic E-state index is 11.1. The number of halogens is 2. The second-order valence-corrected chi connectivity index (χ2v) is 4.39. The Morgan fingerprint density at radius 3 is 2.63 bits per heavy atom. The van der Waals surface area contributed by atoms with Crippen molar-refractivity contribution in [1.82, 2.24) is 4.98 Å². The van der Waals surface area contributed by atoms with Crippen LogP contribution in [0.4, 0.5) is 5.69 Å². The van der Waals surface area contributed by atoms with Crippen LogP contribution in [-0.2, 0) is 0 Å². The maximum Gasteiger partial charge on any atom is 0.267 e. The van der Waals surface area contributed by atoms with E-state index in [1.165, 1.54) is 12.1 Å². The molecule has 0 fully saturated rings. The molecule has 0 bridgehead atoms. The minimum Gasteiger partial charge on any atom is -0.435 e. The van der Waals surface area contributed by atoms with Gasteiger partial charge in [-0.2, -0.15) is 0 Å². The van der Waals surface area contributed by atoms with Gasteiger partial charge in [-0.3, -0.25) is 4.79 Å². The number of benzene rings is 1. The molecular formula is C12H9Cl2N3O2. The number of carbonyl (C=O) groups is 1. The van der Waals surface area contributed by atoms with Crippen molar-refractivity contribution in [2.24, 2.45) is 5.73 Å². The van der Waals surface area contributed by atoms with E-state index in [4.69, 9.17) is 39.4 Å². The number of anilines is 1. The van der Waals surface area contributed by atoms with E-state index in [2.05, 4.69) is 4.98 Å². The van der Waals surface area contributed by atoms with Gasteiger partial charge in [-0.25, -0.2) is 4.98 Å². The van der Waals surface area contributed by atoms with Gasteiger partial charge in [-0.05, 0) is 24.3 Å². The van der Waals surface area contributed by atoms with Gasteiger partial charge in [0.1, 0.15) is 16.5 Å². The van der Waals surface area contributed by atoms with Crippen molar-refractivity contribution < 1.29 is 9.53 Å². The highest BCUT2D eigenvalue weighted by Crippen LogP contribution is 2.35. The molecule has 2 aromatic rings. The highest BCUT2D eigenvalue weighted by Gasteiger charge is 2.12. The van der Waals surface area contributed by atoms with E-state index >= 15 is 0 Å². The van der Waals surface area contributed by atoms with Crippen molar-refractivity contribution in [2.75, 3.05) is 5.73 Å². The van der Waals surface area contributed by atoms with E-state index in [0.717, 1.165) is 0 Å². The van der Waals surface area contributed by atoms with Crippen LogP contribution in [-0.4, -0.2) is 10.9 Å². The van der Waals surface area contributed by atoms with E-state index in [-0.39, 0.29) is 28.0 Å². The number of primary amides is 1. The zero-order chi connectivity index (χ0) is 14.0. The summed E-state index contributed by atoms with van der Waals surface area (Å²) in [6, 6.07) is 7.77. The first kappa shape index (κ1) is 13.5. The zero-order valence-electron chi connectivity index (χ0n) is 9.56. The topological polar surface area (TPSA) is 91.2 Å². The summed E-state index contributed by atoms with van der Waals surface area (Å²) in [5.74, 6) is -0.350. The van der Waals surface area contributed by atoms with Crippen molar-refractivity contribution in [2.45, 2.75) is 0 Å². The molecule has 5 nitrogen and oxygen atoms in total. The number of ether oxygens (including phenoxy) is 1. The fraction of sp³-hybridized carbons (Fsp3) is 0. The van der Waals surface area contributed by atoms with Gasteiger partial charge in [-0.1, -0.05) is 29.3 Å². The smallest absolute Gasteiger partial charge is 0.267 e. The molecule has 4 N–H and O–H groups in total. The number of carbonyl (C=O) groups excluding carboxylic acids is 1. The Bertz CT molecular complexity index is 647. The van der Waals surface area contributed by atoms with Crippen LogP contribution >= 0.6 is 23.2 Å². The minimum atomic E-state index is -0.679. The number of hydrogen-bond donors (Lipinski definition) is 2. The summed E-state index contributed by atoms with van der Waals surface area (Å²) in [5, 5.41) is 0.568. The first-order valence-electron chi connectivity index (χ1n) is 5.17. The summed E-state index contributed by atoms with van der Waals surface area (Å²) in [4.78, 5) is 15.0. The largest absolute Gasteiger partial charge is 0.435 e. The lowest BCUT2D eigenvalue weighted by Crippen LogP contribution is -2.13. The summed E-state index contributed by atoms with van der Waals surface area (Å²) in [6.45, 7) is 0. The van der Waals surface area contributed by atoms with Crippen molar-refractivity contribution in [3.05, 3.63) is 46.1 Å². The molecule has 2 rings (SSSR count). The lowest BCUT2D eigenvalue weighted by atomic mass is 10.3. The molecule has 0 spiro atoms. The molecular weight excluding hydrogens is 289 g/mol. The van der Waals surface area contributed by atoms with E-state index < -0.39 is 5.91 Å². The van der Waals surface area contributed by atoms with Crippen molar-refractivity contribution in [3.8, 4) is 11.6 Å². The number of amides is 1. The number of nitrogens with two attached hydrogens (primary N) is 2. The second kappa shape index (κ2) is 5.34. The third-order valence-electron chi connectivity index (χ3n) is 2.26. The number of nitrogens with zero attached hydrogens (tertiary/aromatic N) is 1. The predicted molar refractivity (Wildman–Crippen MR) is 73.7 cm³/mol. The third kappa shape index (κ3) is 2.89. The van der Waals surface area contributed by atoms with E-state index in [1.54, 1.807) is 18.2 Å². The normalized spacial score (nSPS) is 10.2. The molecule has 0 aliphatic heterocycles. The van der Waals surface area contributed by atoms with Gasteiger partial charge < -0.3 is 16.2 Å². The molecule has 0 aliphatic carbocycles. The average molecular weight is 298 g/mol. The molecule has 1 heterocycles. The van der Waals surface area contributed by atoms with Gasteiger partial charge in [0.15, 0.2) is 0 Å². The van der Waals surface area contributed by atoms with Crippen LogP contribution < -0.4 is 16.2 Å². The number of nitrogen functional groups attached to an aromatic ring is 1. The van der Waals surface area contributed by atoms with E-state index in [9.17, 15) is 4.79 Å². The fourth-order valence-corrected chi connectivity index (χ4v) is 1.67. The molecule has 98 valence electrons. The fourth-order valence-electron chi connectivity index (χ4n) is 1.34. The SMILES string of the molecule is NC(=O)c1ccc(N)c(Oc2cccc(Cl)c2Cl)n1. The van der Waals surface area contributed by atoms with Crippen LogP contribution in [0.5, 0.6) is 11.6 Å². The van der Waals surface area contributed by atoms with Crippen LogP contribution in [0.2, 0.25) is 10.0 Å². The number of rotatable bonds is 3. The number of hydrogen-bond acceptors (Lipinski definition) is 4. The summed E-state index contributed by atoms with van der Waals surface area (Å²) >= 11 is 11.8. The van der Waals surface area contributed by atoms with E-state index in [0.29, 0.717) is 5.02 Å². The number of pyridine rings is 1. The van der Waals surface area contributed by atoms with Crippen LogP contribution in [0.1, 0.15) is 10.5 Å². The molecule has 0 aliphatic rings. The molecule has 0 unspecified atom stereocenters. The molecule has 0 radical (unpaired) electrons. The van der Waals surface area contributed by atoms with Gasteiger partial charge in [0.25, 0.3) is 5.91 Å².